The fourth-order valence-corrected chi connectivity index (χ4v) is 2.42. The van der Waals surface area contributed by atoms with E-state index in [0.717, 1.165) is 0 Å². The quantitative estimate of drug-likeness (QED) is 0.589. The van der Waals surface area contributed by atoms with E-state index < -0.39 is 0 Å². The summed E-state index contributed by atoms with van der Waals surface area (Å²) < 4.78 is 7.19. The molecule has 2 aromatic heterocycles. The minimum atomic E-state index is -0.229. The smallest absolute Gasteiger partial charge is 0.255 e. The molecule has 4 rings (SSSR count). The van der Waals surface area contributed by atoms with Crippen LogP contribution in [0.3, 0.4) is 0 Å². The maximum Gasteiger partial charge on any atom is 0.255 e. The number of hydrogen-bond acceptors (Lipinski definition) is 6. The van der Waals surface area contributed by atoms with Crippen molar-refractivity contribution in [1.82, 2.24) is 25.2 Å². The van der Waals surface area contributed by atoms with Crippen LogP contribution in [0.25, 0.3) is 5.69 Å². The summed E-state index contributed by atoms with van der Waals surface area (Å²) >= 11 is 0. The van der Waals surface area contributed by atoms with Gasteiger partial charge in [-0.15, -0.1) is 5.10 Å². The van der Waals surface area contributed by atoms with Crippen molar-refractivity contribution >= 4 is 11.6 Å². The van der Waals surface area contributed by atoms with E-state index in [9.17, 15) is 4.79 Å². The number of tetrazole rings is 1. The average Bonchev–Trinajstić information content (AvgIpc) is 3.25. The van der Waals surface area contributed by atoms with Crippen molar-refractivity contribution in [1.29, 1.82) is 0 Å². The molecule has 1 amide bonds. The number of anilines is 1. The molecule has 0 atom stereocenters. The molecule has 0 fully saturated rings. The summed E-state index contributed by atoms with van der Waals surface area (Å²) in [5.74, 6) is 1.13. The first-order chi connectivity index (χ1) is 13.3. The van der Waals surface area contributed by atoms with Crippen LogP contribution in [0.4, 0.5) is 5.69 Å². The van der Waals surface area contributed by atoms with E-state index in [0.29, 0.717) is 28.4 Å². The van der Waals surface area contributed by atoms with Crippen LogP contribution in [0.5, 0.6) is 11.5 Å². The van der Waals surface area contributed by atoms with E-state index in [1.54, 1.807) is 67.0 Å². The van der Waals surface area contributed by atoms with Crippen LogP contribution in [0.2, 0.25) is 0 Å². The molecule has 0 bridgehead atoms. The van der Waals surface area contributed by atoms with Gasteiger partial charge in [0.1, 0.15) is 17.8 Å². The highest BCUT2D eigenvalue weighted by atomic mass is 16.5. The molecule has 1 N–H and O–H groups in total. The van der Waals surface area contributed by atoms with E-state index >= 15 is 0 Å². The molecule has 0 aliphatic carbocycles. The Balaban J connectivity index is 1.44. The molecule has 0 saturated heterocycles. The maximum atomic E-state index is 12.5. The second-order valence-electron chi connectivity index (χ2n) is 5.57. The van der Waals surface area contributed by atoms with E-state index in [-0.39, 0.29) is 5.91 Å². The van der Waals surface area contributed by atoms with Crippen LogP contribution in [0, 0.1) is 0 Å². The summed E-state index contributed by atoms with van der Waals surface area (Å²) in [6.07, 6.45) is 4.79. The highest BCUT2D eigenvalue weighted by Gasteiger charge is 2.08. The summed E-state index contributed by atoms with van der Waals surface area (Å²) in [6.45, 7) is 0. The van der Waals surface area contributed by atoms with Gasteiger partial charge in [0.2, 0.25) is 0 Å². The predicted octanol–water partition coefficient (Wildman–Crippen LogP) is 3.10. The highest BCUT2D eigenvalue weighted by molar-refractivity contribution is 6.04. The second-order valence-corrected chi connectivity index (χ2v) is 5.57. The van der Waals surface area contributed by atoms with E-state index in [2.05, 4.69) is 25.8 Å². The third-order valence-electron chi connectivity index (χ3n) is 3.72. The Bertz CT molecular complexity index is 1030. The average molecular weight is 358 g/mol. The van der Waals surface area contributed by atoms with E-state index in [1.165, 1.54) is 11.0 Å². The number of nitrogens with zero attached hydrogens (tertiary/aromatic N) is 5. The number of amides is 1. The van der Waals surface area contributed by atoms with Crippen molar-refractivity contribution in [2.75, 3.05) is 5.32 Å². The Morgan fingerprint density at radius 2 is 1.74 bits per heavy atom. The minimum Gasteiger partial charge on any atom is -0.457 e. The Hall–Kier alpha value is -4.07. The first-order valence-electron chi connectivity index (χ1n) is 8.11. The molecular formula is C19H14N6O2. The lowest BCUT2D eigenvalue weighted by Gasteiger charge is -2.09. The zero-order valence-electron chi connectivity index (χ0n) is 14.1. The molecular weight excluding hydrogens is 344 g/mol. The van der Waals surface area contributed by atoms with Crippen molar-refractivity contribution in [2.24, 2.45) is 0 Å². The molecule has 8 heteroatoms. The SMILES string of the molecule is O=C(Nc1ccc(Oc2ccncc2)cc1)c1cccc(-n2cnnn2)c1. The molecule has 27 heavy (non-hydrogen) atoms. The fraction of sp³-hybridized carbons (Fsp3) is 0. The number of carbonyl (C=O) groups is 1. The Morgan fingerprint density at radius 3 is 2.48 bits per heavy atom. The van der Waals surface area contributed by atoms with Crippen molar-refractivity contribution in [3.63, 3.8) is 0 Å². The molecule has 0 unspecified atom stereocenters. The molecule has 0 aliphatic heterocycles. The lowest BCUT2D eigenvalue weighted by molar-refractivity contribution is 0.102. The number of benzene rings is 2. The zero-order valence-corrected chi connectivity index (χ0v) is 14.1. The van der Waals surface area contributed by atoms with Crippen LogP contribution in [0.15, 0.2) is 79.4 Å². The third kappa shape index (κ3) is 3.96. The summed E-state index contributed by atoms with van der Waals surface area (Å²) in [5, 5.41) is 13.9. The molecule has 4 aromatic rings. The largest absolute Gasteiger partial charge is 0.457 e. The topological polar surface area (TPSA) is 94.8 Å². The number of ether oxygens (including phenoxy) is 1. The summed E-state index contributed by atoms with van der Waals surface area (Å²) in [5.41, 5.74) is 1.86. The zero-order chi connectivity index (χ0) is 18.5. The number of aromatic nitrogens is 5. The first kappa shape index (κ1) is 16.4. The van der Waals surface area contributed by atoms with Gasteiger partial charge in [0.25, 0.3) is 5.91 Å². The lowest BCUT2D eigenvalue weighted by atomic mass is 10.2. The predicted molar refractivity (Wildman–Crippen MR) is 97.9 cm³/mol. The Morgan fingerprint density at radius 1 is 0.963 bits per heavy atom. The molecule has 0 saturated carbocycles. The van der Waals surface area contributed by atoms with Crippen molar-refractivity contribution in [2.45, 2.75) is 0 Å². The normalized spacial score (nSPS) is 10.4. The van der Waals surface area contributed by atoms with Gasteiger partial charge in [-0.05, 0) is 65.0 Å². The van der Waals surface area contributed by atoms with Crippen LogP contribution < -0.4 is 10.1 Å². The molecule has 132 valence electrons. The summed E-state index contributed by atoms with van der Waals surface area (Å²) in [6, 6.07) is 17.7. The molecule has 2 aromatic carbocycles. The molecule has 0 aliphatic rings. The van der Waals surface area contributed by atoms with E-state index in [4.69, 9.17) is 4.74 Å². The Kier molecular flexibility index (Phi) is 4.52. The minimum absolute atomic E-state index is 0.229. The van der Waals surface area contributed by atoms with Gasteiger partial charge in [0.05, 0.1) is 5.69 Å². The van der Waals surface area contributed by atoms with Gasteiger partial charge in [-0.1, -0.05) is 6.07 Å². The van der Waals surface area contributed by atoms with Crippen LogP contribution in [-0.4, -0.2) is 31.1 Å². The summed E-state index contributed by atoms with van der Waals surface area (Å²) in [4.78, 5) is 16.4. The van der Waals surface area contributed by atoms with Crippen molar-refractivity contribution < 1.29 is 9.53 Å². The molecule has 0 spiro atoms. The molecule has 8 nitrogen and oxygen atoms in total. The number of pyridine rings is 1. The maximum absolute atomic E-state index is 12.5. The number of hydrogen-bond donors (Lipinski definition) is 1. The lowest BCUT2D eigenvalue weighted by Crippen LogP contribution is -2.12. The van der Waals surface area contributed by atoms with Crippen LogP contribution in [-0.2, 0) is 0 Å². The first-order valence-corrected chi connectivity index (χ1v) is 8.11. The highest BCUT2D eigenvalue weighted by Crippen LogP contribution is 2.22. The fourth-order valence-electron chi connectivity index (χ4n) is 2.42. The standard InChI is InChI=1S/C19H14N6O2/c26-19(14-2-1-3-16(12-14)25-13-21-23-24-25)22-15-4-6-17(7-5-15)27-18-8-10-20-11-9-18/h1-13H,(H,22,26). The van der Waals surface area contributed by atoms with Gasteiger partial charge in [-0.3, -0.25) is 9.78 Å². The number of nitrogens with one attached hydrogen (secondary N) is 1. The van der Waals surface area contributed by atoms with Crippen molar-refractivity contribution in [3.05, 3.63) is 84.9 Å². The van der Waals surface area contributed by atoms with Gasteiger partial charge in [-0.25, -0.2) is 4.68 Å². The van der Waals surface area contributed by atoms with Gasteiger partial charge >= 0.3 is 0 Å². The van der Waals surface area contributed by atoms with Gasteiger partial charge < -0.3 is 10.1 Å². The van der Waals surface area contributed by atoms with Crippen molar-refractivity contribution in [3.8, 4) is 17.2 Å². The second kappa shape index (κ2) is 7.44. The number of rotatable bonds is 5. The summed E-state index contributed by atoms with van der Waals surface area (Å²) in [7, 11) is 0. The van der Waals surface area contributed by atoms with Crippen LogP contribution in [0.1, 0.15) is 10.4 Å². The van der Waals surface area contributed by atoms with Gasteiger partial charge in [0.15, 0.2) is 0 Å². The monoisotopic (exact) mass is 358 g/mol. The van der Waals surface area contributed by atoms with Gasteiger partial charge in [0, 0.05) is 23.6 Å². The number of carbonyl (C=O) groups excluding carboxylic acids is 1. The Labute approximate surface area is 154 Å². The van der Waals surface area contributed by atoms with Crippen LogP contribution >= 0.6 is 0 Å². The molecule has 2 heterocycles. The third-order valence-corrected chi connectivity index (χ3v) is 3.72. The van der Waals surface area contributed by atoms with Gasteiger partial charge in [-0.2, -0.15) is 0 Å². The van der Waals surface area contributed by atoms with E-state index in [1.807, 2.05) is 6.07 Å². The molecule has 0 radical (unpaired) electrons.